The second kappa shape index (κ2) is 10.2. The summed E-state index contributed by atoms with van der Waals surface area (Å²) < 4.78 is 5.18. The van der Waals surface area contributed by atoms with Crippen LogP contribution in [-0.2, 0) is 6.54 Å². The number of methoxy groups -OCH3 is 1. The Kier molecular flexibility index (Phi) is 7.89. The molecule has 5 nitrogen and oxygen atoms in total. The smallest absolute Gasteiger partial charge is 0.191 e. The van der Waals surface area contributed by atoms with Gasteiger partial charge in [-0.2, -0.15) is 0 Å². The Bertz CT molecular complexity index is 493. The van der Waals surface area contributed by atoms with Crippen LogP contribution in [0.25, 0.3) is 0 Å². The first-order valence-electron chi connectivity index (χ1n) is 9.05. The van der Waals surface area contributed by atoms with Gasteiger partial charge < -0.3 is 20.3 Å². The minimum Gasteiger partial charge on any atom is -0.497 e. The van der Waals surface area contributed by atoms with Crippen molar-refractivity contribution in [2.24, 2.45) is 10.9 Å². The number of rotatable bonds is 7. The van der Waals surface area contributed by atoms with Crippen molar-refractivity contribution in [1.29, 1.82) is 0 Å². The summed E-state index contributed by atoms with van der Waals surface area (Å²) in [6, 6.07) is 8.10. The summed E-state index contributed by atoms with van der Waals surface area (Å²) in [4.78, 5) is 6.85. The minimum atomic E-state index is 0.762. The first-order chi connectivity index (χ1) is 11.7. The molecule has 0 spiro atoms. The fraction of sp³-hybridized carbons (Fsp3) is 0.632. The molecule has 0 saturated carbocycles. The zero-order valence-electron chi connectivity index (χ0n) is 15.3. The highest BCUT2D eigenvalue weighted by Crippen LogP contribution is 2.19. The number of aliphatic imine (C=N–C) groups is 1. The Labute approximate surface area is 146 Å². The molecule has 24 heavy (non-hydrogen) atoms. The average molecular weight is 332 g/mol. The zero-order valence-corrected chi connectivity index (χ0v) is 15.3. The summed E-state index contributed by atoms with van der Waals surface area (Å²) in [5.74, 6) is 2.60. The summed E-state index contributed by atoms with van der Waals surface area (Å²) in [6.07, 6.45) is 3.88. The normalized spacial score (nSPS) is 16.9. The van der Waals surface area contributed by atoms with Crippen LogP contribution in [0.3, 0.4) is 0 Å². The summed E-state index contributed by atoms with van der Waals surface area (Å²) in [5.41, 5.74) is 1.21. The highest BCUT2D eigenvalue weighted by atomic mass is 16.5. The lowest BCUT2D eigenvalue weighted by atomic mass is 9.93. The number of hydrogen-bond donors (Lipinski definition) is 2. The molecule has 0 aliphatic carbocycles. The van der Waals surface area contributed by atoms with Crippen LogP contribution in [0, 0.1) is 5.92 Å². The molecule has 1 heterocycles. The maximum Gasteiger partial charge on any atom is 0.191 e. The lowest BCUT2D eigenvalue weighted by Gasteiger charge is -2.31. The highest BCUT2D eigenvalue weighted by Gasteiger charge is 2.17. The number of nitrogens with zero attached hydrogens (tertiary/aromatic N) is 2. The average Bonchev–Trinajstić information content (AvgIpc) is 2.65. The van der Waals surface area contributed by atoms with Crippen molar-refractivity contribution in [1.82, 2.24) is 15.5 Å². The van der Waals surface area contributed by atoms with E-state index in [-0.39, 0.29) is 0 Å². The number of likely N-dealkylation sites (tertiary alicyclic amines) is 1. The van der Waals surface area contributed by atoms with Gasteiger partial charge in [-0.1, -0.05) is 19.1 Å². The first-order valence-corrected chi connectivity index (χ1v) is 9.05. The first kappa shape index (κ1) is 18.6. The molecule has 0 bridgehead atoms. The van der Waals surface area contributed by atoms with E-state index in [1.165, 1.54) is 44.5 Å². The topological polar surface area (TPSA) is 48.9 Å². The second-order valence-corrected chi connectivity index (χ2v) is 6.37. The zero-order chi connectivity index (χ0) is 17.2. The predicted octanol–water partition coefficient (Wildman–Crippen LogP) is 2.48. The van der Waals surface area contributed by atoms with E-state index in [1.54, 1.807) is 7.11 Å². The quantitative estimate of drug-likeness (QED) is 0.595. The number of nitrogens with one attached hydrogen (secondary N) is 2. The number of guanidine groups is 1. The molecule has 0 unspecified atom stereocenters. The fourth-order valence-corrected chi connectivity index (χ4v) is 3.14. The molecule has 2 rings (SSSR count). The summed E-state index contributed by atoms with van der Waals surface area (Å²) >= 11 is 0. The number of benzene rings is 1. The Morgan fingerprint density at radius 3 is 2.50 bits per heavy atom. The molecule has 1 fully saturated rings. The van der Waals surface area contributed by atoms with E-state index in [2.05, 4.69) is 39.6 Å². The van der Waals surface area contributed by atoms with Gasteiger partial charge in [-0.05, 0) is 62.5 Å². The molecule has 1 aromatic carbocycles. The molecule has 1 aliphatic rings. The van der Waals surface area contributed by atoms with Crippen LogP contribution in [0.4, 0.5) is 0 Å². The monoisotopic (exact) mass is 332 g/mol. The molecule has 1 aromatic rings. The molecule has 0 atom stereocenters. The van der Waals surface area contributed by atoms with Gasteiger partial charge in [-0.25, -0.2) is 0 Å². The van der Waals surface area contributed by atoms with Gasteiger partial charge in [-0.15, -0.1) is 0 Å². The summed E-state index contributed by atoms with van der Waals surface area (Å²) in [7, 11) is 3.51. The van der Waals surface area contributed by atoms with Crippen molar-refractivity contribution < 1.29 is 4.74 Å². The highest BCUT2D eigenvalue weighted by molar-refractivity contribution is 5.79. The van der Waals surface area contributed by atoms with Crippen LogP contribution in [0.2, 0.25) is 0 Å². The van der Waals surface area contributed by atoms with Crippen LogP contribution in [-0.4, -0.2) is 51.2 Å². The Balaban J connectivity index is 1.65. The molecule has 5 heteroatoms. The van der Waals surface area contributed by atoms with Gasteiger partial charge >= 0.3 is 0 Å². The van der Waals surface area contributed by atoms with E-state index in [0.29, 0.717) is 0 Å². The third-order valence-corrected chi connectivity index (χ3v) is 4.84. The SMILES string of the molecule is CCN1CCC(CCNC(=NC)NCc2ccc(OC)cc2)CC1. The van der Waals surface area contributed by atoms with Crippen LogP contribution in [0.5, 0.6) is 5.75 Å². The van der Waals surface area contributed by atoms with Crippen molar-refractivity contribution in [3.05, 3.63) is 29.8 Å². The van der Waals surface area contributed by atoms with Gasteiger partial charge in [0.25, 0.3) is 0 Å². The molecule has 0 aromatic heterocycles. The van der Waals surface area contributed by atoms with Crippen LogP contribution in [0.15, 0.2) is 29.3 Å². The van der Waals surface area contributed by atoms with Crippen molar-refractivity contribution in [2.75, 3.05) is 40.3 Å². The lowest BCUT2D eigenvalue weighted by Crippen LogP contribution is -2.39. The Hall–Kier alpha value is -1.75. The number of ether oxygens (including phenoxy) is 1. The van der Waals surface area contributed by atoms with Crippen LogP contribution >= 0.6 is 0 Å². The number of piperidine rings is 1. The molecule has 1 saturated heterocycles. The third-order valence-electron chi connectivity index (χ3n) is 4.84. The molecular formula is C19H32N4O. The minimum absolute atomic E-state index is 0.762. The standard InChI is InChI=1S/C19H32N4O/c1-4-23-13-10-16(11-14-23)9-12-21-19(20-2)22-15-17-5-7-18(24-3)8-6-17/h5-8,16H,4,9-15H2,1-3H3,(H2,20,21,22). The Morgan fingerprint density at radius 2 is 1.92 bits per heavy atom. The van der Waals surface area contributed by atoms with E-state index < -0.39 is 0 Å². The van der Waals surface area contributed by atoms with Gasteiger partial charge in [0.2, 0.25) is 0 Å². The van der Waals surface area contributed by atoms with Crippen LogP contribution in [0.1, 0.15) is 31.7 Å². The van der Waals surface area contributed by atoms with Gasteiger partial charge in [0.05, 0.1) is 7.11 Å². The van der Waals surface area contributed by atoms with Crippen molar-refractivity contribution in [3.63, 3.8) is 0 Å². The van der Waals surface area contributed by atoms with Crippen molar-refractivity contribution in [3.8, 4) is 5.75 Å². The number of hydrogen-bond acceptors (Lipinski definition) is 3. The fourth-order valence-electron chi connectivity index (χ4n) is 3.14. The second-order valence-electron chi connectivity index (χ2n) is 6.37. The maximum absolute atomic E-state index is 5.18. The third kappa shape index (κ3) is 6.04. The van der Waals surface area contributed by atoms with Crippen molar-refractivity contribution in [2.45, 2.75) is 32.7 Å². The molecule has 134 valence electrons. The molecule has 0 amide bonds. The summed E-state index contributed by atoms with van der Waals surface area (Å²) in [5, 5.41) is 6.80. The van der Waals surface area contributed by atoms with Gasteiger partial charge in [-0.3, -0.25) is 4.99 Å². The molecule has 2 N–H and O–H groups in total. The predicted molar refractivity (Wildman–Crippen MR) is 101 cm³/mol. The van der Waals surface area contributed by atoms with Gasteiger partial charge in [0.15, 0.2) is 5.96 Å². The van der Waals surface area contributed by atoms with Gasteiger partial charge in [0.1, 0.15) is 5.75 Å². The van der Waals surface area contributed by atoms with Gasteiger partial charge in [0, 0.05) is 20.1 Å². The largest absolute Gasteiger partial charge is 0.497 e. The van der Waals surface area contributed by atoms with E-state index in [1.807, 2.05) is 19.2 Å². The van der Waals surface area contributed by atoms with E-state index in [9.17, 15) is 0 Å². The lowest BCUT2D eigenvalue weighted by molar-refractivity contribution is 0.187. The summed E-state index contributed by atoms with van der Waals surface area (Å²) in [6.45, 7) is 7.70. The molecular weight excluding hydrogens is 300 g/mol. The van der Waals surface area contributed by atoms with Crippen molar-refractivity contribution >= 4 is 5.96 Å². The van der Waals surface area contributed by atoms with E-state index in [4.69, 9.17) is 4.74 Å². The Morgan fingerprint density at radius 1 is 1.21 bits per heavy atom. The molecule has 0 radical (unpaired) electrons. The van der Waals surface area contributed by atoms with Crippen LogP contribution < -0.4 is 15.4 Å². The van der Waals surface area contributed by atoms with E-state index >= 15 is 0 Å². The molecule has 1 aliphatic heterocycles. The van der Waals surface area contributed by atoms with E-state index in [0.717, 1.165) is 30.7 Å². The maximum atomic E-state index is 5.18.